The van der Waals surface area contributed by atoms with E-state index in [4.69, 9.17) is 15.5 Å². The van der Waals surface area contributed by atoms with Crippen LogP contribution in [0.25, 0.3) is 21.8 Å². The molecule has 146 valence electrons. The van der Waals surface area contributed by atoms with Crippen molar-refractivity contribution in [3.05, 3.63) is 65.7 Å². The summed E-state index contributed by atoms with van der Waals surface area (Å²) in [6.45, 7) is 2.01. The fourth-order valence-corrected chi connectivity index (χ4v) is 3.53. The molecule has 0 fully saturated rings. The van der Waals surface area contributed by atoms with Crippen LogP contribution in [0.1, 0.15) is 15.9 Å². The van der Waals surface area contributed by atoms with Gasteiger partial charge in [-0.3, -0.25) is 4.79 Å². The molecule has 0 saturated heterocycles. The highest BCUT2D eigenvalue weighted by molar-refractivity contribution is 6.15. The average molecular weight is 386 g/mol. The number of pyridine rings is 1. The number of nitrogen functional groups attached to an aromatic ring is 1. The molecule has 4 aromatic rings. The molecule has 0 atom stereocenters. The predicted octanol–water partition coefficient (Wildman–Crippen LogP) is 4.39. The second-order valence-corrected chi connectivity index (χ2v) is 6.82. The van der Waals surface area contributed by atoms with Gasteiger partial charge >= 0.3 is 0 Å². The molecule has 0 aliphatic heterocycles. The molecule has 6 nitrogen and oxygen atoms in total. The first-order valence-corrected chi connectivity index (χ1v) is 9.28. The van der Waals surface area contributed by atoms with Crippen LogP contribution in [0.15, 0.2) is 54.6 Å². The fraction of sp³-hybridized carbons (Fsp3) is 0.130. The summed E-state index contributed by atoms with van der Waals surface area (Å²) in [4.78, 5) is 17.3. The number of amides is 1. The Morgan fingerprint density at radius 2 is 1.76 bits per heavy atom. The van der Waals surface area contributed by atoms with Gasteiger partial charge in [-0.05, 0) is 30.7 Å². The van der Waals surface area contributed by atoms with Gasteiger partial charge in [-0.25, -0.2) is 4.98 Å². The van der Waals surface area contributed by atoms with E-state index in [2.05, 4.69) is 10.6 Å². The summed E-state index contributed by atoms with van der Waals surface area (Å²) < 4.78 is 5.50. The molecule has 0 aliphatic rings. The normalized spacial score (nSPS) is 10.9. The second-order valence-electron chi connectivity index (χ2n) is 6.82. The molecule has 0 saturated carbocycles. The Bertz CT molecular complexity index is 1250. The zero-order valence-corrected chi connectivity index (χ0v) is 16.5. The molecule has 1 aromatic heterocycles. The third kappa shape index (κ3) is 3.18. The Morgan fingerprint density at radius 3 is 2.48 bits per heavy atom. The van der Waals surface area contributed by atoms with Crippen LogP contribution in [0, 0.1) is 6.92 Å². The molecule has 4 N–H and O–H groups in total. The number of benzene rings is 3. The van der Waals surface area contributed by atoms with Gasteiger partial charge in [-0.1, -0.05) is 30.3 Å². The second kappa shape index (κ2) is 7.31. The van der Waals surface area contributed by atoms with E-state index in [0.717, 1.165) is 33.2 Å². The molecule has 3 aromatic carbocycles. The number of carbonyl (C=O) groups excluding carboxylic acids is 1. The van der Waals surface area contributed by atoms with E-state index in [9.17, 15) is 4.79 Å². The number of rotatable bonds is 4. The summed E-state index contributed by atoms with van der Waals surface area (Å²) in [7, 11) is 3.22. The summed E-state index contributed by atoms with van der Waals surface area (Å²) in [6.07, 6.45) is 0. The van der Waals surface area contributed by atoms with E-state index >= 15 is 0 Å². The molecular weight excluding hydrogens is 364 g/mol. The lowest BCUT2D eigenvalue weighted by Gasteiger charge is -2.17. The zero-order chi connectivity index (χ0) is 20.5. The van der Waals surface area contributed by atoms with Crippen molar-refractivity contribution in [1.82, 2.24) is 10.3 Å². The van der Waals surface area contributed by atoms with Crippen molar-refractivity contribution in [2.45, 2.75) is 6.92 Å². The third-order valence-electron chi connectivity index (χ3n) is 4.99. The first kappa shape index (κ1) is 18.6. The summed E-state index contributed by atoms with van der Waals surface area (Å²) in [5.41, 5.74) is 11.2. The number of aromatic nitrogens is 1. The number of carbonyl (C=O) groups is 1. The largest absolute Gasteiger partial charge is 0.494 e. The Morgan fingerprint density at radius 1 is 1.03 bits per heavy atom. The first-order valence-electron chi connectivity index (χ1n) is 9.28. The fourth-order valence-electron chi connectivity index (χ4n) is 3.53. The molecule has 0 bridgehead atoms. The van der Waals surface area contributed by atoms with Gasteiger partial charge in [-0.2, -0.15) is 0 Å². The van der Waals surface area contributed by atoms with Crippen molar-refractivity contribution < 1.29 is 9.53 Å². The Kier molecular flexibility index (Phi) is 4.68. The van der Waals surface area contributed by atoms with Crippen LogP contribution in [0.5, 0.6) is 5.75 Å². The molecule has 0 spiro atoms. The van der Waals surface area contributed by atoms with Gasteiger partial charge in [-0.15, -0.1) is 0 Å². The highest BCUT2D eigenvalue weighted by atomic mass is 16.5. The molecule has 6 heteroatoms. The van der Waals surface area contributed by atoms with Crippen LogP contribution in [-0.2, 0) is 0 Å². The molecule has 0 aliphatic carbocycles. The van der Waals surface area contributed by atoms with Crippen molar-refractivity contribution in [3.8, 4) is 5.75 Å². The zero-order valence-electron chi connectivity index (χ0n) is 16.5. The number of para-hydroxylation sites is 2. The van der Waals surface area contributed by atoms with E-state index in [0.29, 0.717) is 22.5 Å². The topological polar surface area (TPSA) is 89.3 Å². The van der Waals surface area contributed by atoms with Gasteiger partial charge in [0.2, 0.25) is 0 Å². The maximum Gasteiger partial charge on any atom is 0.253 e. The first-order chi connectivity index (χ1) is 14.0. The van der Waals surface area contributed by atoms with E-state index in [1.54, 1.807) is 26.3 Å². The molecule has 4 rings (SSSR count). The SMILES string of the molecule is CNC(=O)c1cccc2c(Nc3ccc(N)cc3OC)c3cccc(C)c3nc12. The lowest BCUT2D eigenvalue weighted by molar-refractivity contribution is 0.0964. The van der Waals surface area contributed by atoms with Crippen LogP contribution in [0.4, 0.5) is 17.1 Å². The van der Waals surface area contributed by atoms with E-state index in [1.807, 2.05) is 49.4 Å². The number of hydrogen-bond acceptors (Lipinski definition) is 5. The standard InChI is InChI=1S/C23H22N4O2/c1-13-6-4-7-15-20(13)27-22-16(8-5-9-17(22)23(28)25-2)21(15)26-18-11-10-14(24)12-19(18)29-3/h4-12H,24H2,1-3H3,(H,25,28)(H,26,27). The lowest BCUT2D eigenvalue weighted by Crippen LogP contribution is -2.18. The minimum atomic E-state index is -0.174. The van der Waals surface area contributed by atoms with Crippen molar-refractivity contribution >= 4 is 44.8 Å². The van der Waals surface area contributed by atoms with Gasteiger partial charge in [0, 0.05) is 29.6 Å². The van der Waals surface area contributed by atoms with Crippen LogP contribution in [0.2, 0.25) is 0 Å². The summed E-state index contributed by atoms with van der Waals surface area (Å²) in [6, 6.07) is 17.1. The van der Waals surface area contributed by atoms with Gasteiger partial charge in [0.15, 0.2) is 0 Å². The maximum absolute atomic E-state index is 12.5. The van der Waals surface area contributed by atoms with Crippen molar-refractivity contribution in [2.24, 2.45) is 0 Å². The smallest absolute Gasteiger partial charge is 0.253 e. The molecule has 0 unspecified atom stereocenters. The number of fused-ring (bicyclic) bond motifs is 2. The Hall–Kier alpha value is -3.80. The number of aryl methyl sites for hydroxylation is 1. The minimum Gasteiger partial charge on any atom is -0.494 e. The number of nitrogens with one attached hydrogen (secondary N) is 2. The van der Waals surface area contributed by atoms with Crippen LogP contribution in [-0.4, -0.2) is 25.0 Å². The Balaban J connectivity index is 2.05. The van der Waals surface area contributed by atoms with Crippen LogP contribution in [0.3, 0.4) is 0 Å². The summed E-state index contributed by atoms with van der Waals surface area (Å²) >= 11 is 0. The van der Waals surface area contributed by atoms with Gasteiger partial charge in [0.25, 0.3) is 5.91 Å². The van der Waals surface area contributed by atoms with Gasteiger partial charge in [0.1, 0.15) is 5.75 Å². The molecule has 0 radical (unpaired) electrons. The number of anilines is 3. The van der Waals surface area contributed by atoms with E-state index in [-0.39, 0.29) is 5.91 Å². The number of methoxy groups -OCH3 is 1. The van der Waals surface area contributed by atoms with Crippen LogP contribution < -0.4 is 21.1 Å². The molecule has 29 heavy (non-hydrogen) atoms. The van der Waals surface area contributed by atoms with E-state index < -0.39 is 0 Å². The third-order valence-corrected chi connectivity index (χ3v) is 4.99. The quantitative estimate of drug-likeness (QED) is 0.357. The number of nitrogens with zero attached hydrogens (tertiary/aromatic N) is 1. The molecular formula is C23H22N4O2. The highest BCUT2D eigenvalue weighted by Crippen LogP contribution is 2.38. The van der Waals surface area contributed by atoms with Crippen molar-refractivity contribution in [1.29, 1.82) is 0 Å². The molecule has 1 amide bonds. The monoisotopic (exact) mass is 386 g/mol. The summed E-state index contributed by atoms with van der Waals surface area (Å²) in [5.74, 6) is 0.463. The van der Waals surface area contributed by atoms with Gasteiger partial charge < -0.3 is 21.1 Å². The number of nitrogens with two attached hydrogens (primary N) is 1. The number of hydrogen-bond donors (Lipinski definition) is 3. The lowest BCUT2D eigenvalue weighted by atomic mass is 10.0. The van der Waals surface area contributed by atoms with E-state index in [1.165, 1.54) is 0 Å². The van der Waals surface area contributed by atoms with Gasteiger partial charge in [0.05, 0.1) is 35.1 Å². The minimum absolute atomic E-state index is 0.174. The predicted molar refractivity (Wildman–Crippen MR) is 118 cm³/mol. The summed E-state index contributed by atoms with van der Waals surface area (Å²) in [5, 5.41) is 8.01. The Labute approximate surface area is 168 Å². The highest BCUT2D eigenvalue weighted by Gasteiger charge is 2.17. The van der Waals surface area contributed by atoms with Crippen molar-refractivity contribution in [2.75, 3.05) is 25.2 Å². The number of ether oxygens (including phenoxy) is 1. The molecule has 1 heterocycles. The van der Waals surface area contributed by atoms with Crippen molar-refractivity contribution in [3.63, 3.8) is 0 Å². The average Bonchev–Trinajstić information content (AvgIpc) is 2.74. The maximum atomic E-state index is 12.5. The van der Waals surface area contributed by atoms with Crippen LogP contribution >= 0.6 is 0 Å².